The molecule has 4 saturated carbocycles. The van der Waals surface area contributed by atoms with Crippen LogP contribution in [0.15, 0.2) is 29.2 Å². The molecular weight excluding hydrogens is 278 g/mol. The molecule has 1 aromatic rings. The van der Waals surface area contributed by atoms with Crippen LogP contribution in [-0.4, -0.2) is 17.7 Å². The number of thioether (sulfide) groups is 1. The van der Waals surface area contributed by atoms with Crippen molar-refractivity contribution in [1.82, 2.24) is 5.32 Å². The van der Waals surface area contributed by atoms with Crippen molar-refractivity contribution in [2.45, 2.75) is 49.0 Å². The van der Waals surface area contributed by atoms with Crippen LogP contribution in [0.25, 0.3) is 0 Å². The number of amides is 1. The fourth-order valence-electron chi connectivity index (χ4n) is 5.40. The van der Waals surface area contributed by atoms with Gasteiger partial charge in [-0.25, -0.2) is 0 Å². The van der Waals surface area contributed by atoms with Crippen LogP contribution in [0.1, 0.15) is 48.9 Å². The predicted octanol–water partition coefficient (Wildman–Crippen LogP) is 4.11. The van der Waals surface area contributed by atoms with Crippen molar-refractivity contribution in [1.29, 1.82) is 0 Å². The summed E-state index contributed by atoms with van der Waals surface area (Å²) in [4.78, 5) is 13.9. The van der Waals surface area contributed by atoms with E-state index < -0.39 is 0 Å². The highest BCUT2D eigenvalue weighted by atomic mass is 32.2. The molecule has 0 aliphatic heterocycles. The first-order valence-electron chi connectivity index (χ1n) is 8.13. The third-order valence-corrected chi connectivity index (χ3v) is 6.56. The van der Waals surface area contributed by atoms with Crippen LogP contribution < -0.4 is 5.32 Å². The standard InChI is InChI=1S/C18H23NOS/c1-21-16-5-3-2-4-15(16)17(20)19-18-9-12-6-13(10-18)8-14(7-12)11-18/h2-5,12-14H,6-11H2,1H3,(H,19,20). The van der Waals surface area contributed by atoms with E-state index in [4.69, 9.17) is 0 Å². The van der Waals surface area contributed by atoms with E-state index in [0.29, 0.717) is 0 Å². The minimum atomic E-state index is 0.108. The minimum absolute atomic E-state index is 0.108. The maximum Gasteiger partial charge on any atom is 0.252 e. The quantitative estimate of drug-likeness (QED) is 0.851. The van der Waals surface area contributed by atoms with Gasteiger partial charge in [0.1, 0.15) is 0 Å². The van der Waals surface area contributed by atoms with Gasteiger partial charge in [0.2, 0.25) is 0 Å². The highest BCUT2D eigenvalue weighted by Gasteiger charge is 2.51. The maximum absolute atomic E-state index is 12.8. The first-order chi connectivity index (χ1) is 10.2. The van der Waals surface area contributed by atoms with Crippen molar-refractivity contribution < 1.29 is 4.79 Å². The summed E-state index contributed by atoms with van der Waals surface area (Å²) < 4.78 is 0. The molecule has 0 heterocycles. The smallest absolute Gasteiger partial charge is 0.252 e. The zero-order chi connectivity index (χ0) is 14.4. The Morgan fingerprint density at radius 3 is 2.24 bits per heavy atom. The molecule has 1 N–H and O–H groups in total. The molecule has 4 aliphatic rings. The minimum Gasteiger partial charge on any atom is -0.347 e. The molecule has 2 nitrogen and oxygen atoms in total. The lowest BCUT2D eigenvalue weighted by Gasteiger charge is -2.56. The van der Waals surface area contributed by atoms with E-state index in [2.05, 4.69) is 5.32 Å². The van der Waals surface area contributed by atoms with Crippen molar-refractivity contribution in [2.75, 3.05) is 6.26 Å². The topological polar surface area (TPSA) is 29.1 Å². The number of rotatable bonds is 3. The summed E-state index contributed by atoms with van der Waals surface area (Å²) in [6, 6.07) is 7.97. The maximum atomic E-state index is 12.8. The lowest BCUT2D eigenvalue weighted by Crippen LogP contribution is -2.59. The van der Waals surface area contributed by atoms with Gasteiger partial charge < -0.3 is 5.32 Å². The number of benzene rings is 1. The molecule has 3 heteroatoms. The third kappa shape index (κ3) is 2.40. The van der Waals surface area contributed by atoms with E-state index >= 15 is 0 Å². The molecule has 4 aliphatic carbocycles. The Morgan fingerprint density at radius 1 is 1.10 bits per heavy atom. The van der Waals surface area contributed by atoms with Crippen molar-refractivity contribution >= 4 is 17.7 Å². The number of hydrogen-bond donors (Lipinski definition) is 1. The molecule has 1 amide bonds. The predicted molar refractivity (Wildman–Crippen MR) is 86.6 cm³/mol. The molecule has 0 saturated heterocycles. The van der Waals surface area contributed by atoms with Gasteiger partial charge in [0.15, 0.2) is 0 Å². The van der Waals surface area contributed by atoms with Crippen LogP contribution in [0.3, 0.4) is 0 Å². The van der Waals surface area contributed by atoms with Gasteiger partial charge in [0.25, 0.3) is 5.91 Å². The summed E-state index contributed by atoms with van der Waals surface area (Å²) in [6.45, 7) is 0. The Bertz CT molecular complexity index is 533. The van der Waals surface area contributed by atoms with E-state index in [0.717, 1.165) is 28.2 Å². The second-order valence-electron chi connectivity index (χ2n) is 7.35. The van der Waals surface area contributed by atoms with Crippen LogP contribution in [0.4, 0.5) is 0 Å². The molecule has 112 valence electrons. The number of nitrogens with one attached hydrogen (secondary N) is 1. The summed E-state index contributed by atoms with van der Waals surface area (Å²) in [5, 5.41) is 3.46. The molecule has 21 heavy (non-hydrogen) atoms. The van der Waals surface area contributed by atoms with Crippen molar-refractivity contribution in [3.63, 3.8) is 0 Å². The second kappa shape index (κ2) is 5.05. The fourth-order valence-corrected chi connectivity index (χ4v) is 6.00. The molecule has 4 fully saturated rings. The summed E-state index contributed by atoms with van der Waals surface area (Å²) in [5.41, 5.74) is 0.956. The molecule has 0 unspecified atom stereocenters. The van der Waals surface area contributed by atoms with Crippen molar-refractivity contribution in [2.24, 2.45) is 17.8 Å². The first kappa shape index (κ1) is 13.7. The summed E-state index contributed by atoms with van der Waals surface area (Å²) in [5.74, 6) is 2.74. The summed E-state index contributed by atoms with van der Waals surface area (Å²) in [7, 11) is 0. The van der Waals surface area contributed by atoms with Crippen LogP contribution >= 0.6 is 11.8 Å². The lowest BCUT2D eigenvalue weighted by atomic mass is 9.53. The van der Waals surface area contributed by atoms with E-state index in [-0.39, 0.29) is 11.4 Å². The van der Waals surface area contributed by atoms with Gasteiger partial charge >= 0.3 is 0 Å². The third-order valence-electron chi connectivity index (χ3n) is 5.77. The van der Waals surface area contributed by atoms with Gasteiger partial charge in [0.05, 0.1) is 5.56 Å². The zero-order valence-electron chi connectivity index (χ0n) is 12.6. The highest BCUT2D eigenvalue weighted by Crippen LogP contribution is 2.55. The Labute approximate surface area is 131 Å². The molecular formula is C18H23NOS. The Hall–Kier alpha value is -0.960. The van der Waals surface area contributed by atoms with Crippen LogP contribution in [0.2, 0.25) is 0 Å². The highest BCUT2D eigenvalue weighted by molar-refractivity contribution is 7.98. The second-order valence-corrected chi connectivity index (χ2v) is 8.20. The van der Waals surface area contributed by atoms with Gasteiger partial charge in [-0.05, 0) is 74.7 Å². The van der Waals surface area contributed by atoms with Crippen LogP contribution in [0, 0.1) is 17.8 Å². The van der Waals surface area contributed by atoms with Gasteiger partial charge in [-0.3, -0.25) is 4.79 Å². The molecule has 4 bridgehead atoms. The monoisotopic (exact) mass is 301 g/mol. The van der Waals surface area contributed by atoms with Crippen LogP contribution in [-0.2, 0) is 0 Å². The molecule has 1 aromatic carbocycles. The van der Waals surface area contributed by atoms with E-state index in [1.165, 1.54) is 38.5 Å². The summed E-state index contributed by atoms with van der Waals surface area (Å²) in [6.07, 6.45) is 9.92. The summed E-state index contributed by atoms with van der Waals surface area (Å²) >= 11 is 1.66. The first-order valence-corrected chi connectivity index (χ1v) is 9.35. The van der Waals surface area contributed by atoms with Crippen LogP contribution in [0.5, 0.6) is 0 Å². The Balaban J connectivity index is 1.57. The fraction of sp³-hybridized carbons (Fsp3) is 0.611. The normalized spacial score (nSPS) is 36.7. The molecule has 0 radical (unpaired) electrons. The number of carbonyl (C=O) groups is 1. The van der Waals surface area contributed by atoms with Crippen molar-refractivity contribution in [3.05, 3.63) is 29.8 Å². The Kier molecular flexibility index (Phi) is 3.29. The average Bonchev–Trinajstić information content (AvgIpc) is 2.45. The lowest BCUT2D eigenvalue weighted by molar-refractivity contribution is -0.0167. The molecule has 0 aromatic heterocycles. The van der Waals surface area contributed by atoms with Gasteiger partial charge in [0, 0.05) is 10.4 Å². The van der Waals surface area contributed by atoms with Gasteiger partial charge in [-0.2, -0.15) is 0 Å². The Morgan fingerprint density at radius 2 is 1.67 bits per heavy atom. The van der Waals surface area contributed by atoms with E-state index in [1.54, 1.807) is 11.8 Å². The van der Waals surface area contributed by atoms with E-state index in [1.807, 2.05) is 30.5 Å². The van der Waals surface area contributed by atoms with Gasteiger partial charge in [-0.15, -0.1) is 11.8 Å². The largest absolute Gasteiger partial charge is 0.347 e. The molecule has 0 atom stereocenters. The number of hydrogen-bond acceptors (Lipinski definition) is 2. The zero-order valence-corrected chi connectivity index (χ0v) is 13.4. The van der Waals surface area contributed by atoms with Crippen molar-refractivity contribution in [3.8, 4) is 0 Å². The van der Waals surface area contributed by atoms with Gasteiger partial charge in [-0.1, -0.05) is 12.1 Å². The average molecular weight is 301 g/mol. The number of carbonyl (C=O) groups excluding carboxylic acids is 1. The molecule has 5 rings (SSSR count). The molecule has 0 spiro atoms. The SMILES string of the molecule is CSc1ccccc1C(=O)NC12CC3CC(CC(C3)C1)C2. The van der Waals surface area contributed by atoms with E-state index in [9.17, 15) is 4.79 Å².